The van der Waals surface area contributed by atoms with Crippen molar-refractivity contribution in [3.05, 3.63) is 70.9 Å². The highest BCUT2D eigenvalue weighted by Crippen LogP contribution is 2.42. The molecule has 3 unspecified atom stereocenters. The van der Waals surface area contributed by atoms with Gasteiger partial charge < -0.3 is 9.67 Å². The Kier molecular flexibility index (Phi) is 3.47. The maximum Gasteiger partial charge on any atom is 0.0969 e. The van der Waals surface area contributed by atoms with Crippen molar-refractivity contribution in [3.63, 3.8) is 0 Å². The van der Waals surface area contributed by atoms with E-state index in [2.05, 4.69) is 34.6 Å². The van der Waals surface area contributed by atoms with Crippen LogP contribution in [0.4, 0.5) is 0 Å². The van der Waals surface area contributed by atoms with E-state index in [-0.39, 0.29) is 0 Å². The third-order valence-electron chi connectivity index (χ3n) is 5.96. The quantitative estimate of drug-likeness (QED) is 0.786. The van der Waals surface area contributed by atoms with Gasteiger partial charge in [0.05, 0.1) is 12.6 Å². The standard InChI is InChI=1S/C22H24N2O/c1-15-7-8-19-18(11-15)22-17-9-10-23(12-17)13-20(22)24(19)14-21(25)16-5-3-2-4-6-16/h2-8,11,17,21,25H,9-10,12-14H2,1H3. The van der Waals surface area contributed by atoms with Gasteiger partial charge in [-0.1, -0.05) is 42.0 Å². The summed E-state index contributed by atoms with van der Waals surface area (Å²) in [5.41, 5.74) is 6.55. The molecule has 25 heavy (non-hydrogen) atoms. The number of aliphatic hydroxyl groups is 1. The van der Waals surface area contributed by atoms with E-state index in [9.17, 15) is 5.11 Å². The number of aliphatic hydroxyl groups excluding tert-OH is 1. The second-order valence-electron chi connectivity index (χ2n) is 7.64. The predicted octanol–water partition coefficient (Wildman–Crippen LogP) is 3.99. The maximum atomic E-state index is 10.8. The molecule has 0 amide bonds. The Balaban J connectivity index is 1.64. The molecule has 2 bridgehead atoms. The number of hydrogen-bond acceptors (Lipinski definition) is 2. The summed E-state index contributed by atoms with van der Waals surface area (Å²) < 4.78 is 2.38. The Morgan fingerprint density at radius 2 is 2.00 bits per heavy atom. The molecule has 0 aliphatic carbocycles. The van der Waals surface area contributed by atoms with Crippen LogP contribution < -0.4 is 0 Å². The number of rotatable bonds is 3. The van der Waals surface area contributed by atoms with Crippen LogP contribution in [0.3, 0.4) is 0 Å². The van der Waals surface area contributed by atoms with Crippen LogP contribution >= 0.6 is 0 Å². The zero-order valence-electron chi connectivity index (χ0n) is 14.7. The van der Waals surface area contributed by atoms with Gasteiger partial charge in [-0.2, -0.15) is 0 Å². The molecule has 0 spiro atoms. The van der Waals surface area contributed by atoms with Crippen LogP contribution in [0.2, 0.25) is 0 Å². The van der Waals surface area contributed by atoms with Crippen LogP contribution in [0.25, 0.3) is 10.9 Å². The average Bonchev–Trinajstić information content (AvgIpc) is 3.15. The second-order valence-corrected chi connectivity index (χ2v) is 7.64. The Labute approximate surface area is 148 Å². The predicted molar refractivity (Wildman–Crippen MR) is 101 cm³/mol. The van der Waals surface area contributed by atoms with E-state index >= 15 is 0 Å². The largest absolute Gasteiger partial charge is 0.387 e. The summed E-state index contributed by atoms with van der Waals surface area (Å²) in [6, 6.07) is 16.8. The molecule has 1 fully saturated rings. The highest BCUT2D eigenvalue weighted by molar-refractivity contribution is 5.87. The fourth-order valence-electron chi connectivity index (χ4n) is 4.76. The van der Waals surface area contributed by atoms with Crippen molar-refractivity contribution >= 4 is 10.9 Å². The van der Waals surface area contributed by atoms with Crippen molar-refractivity contribution < 1.29 is 5.11 Å². The van der Waals surface area contributed by atoms with Crippen molar-refractivity contribution in [2.45, 2.75) is 38.5 Å². The zero-order valence-corrected chi connectivity index (χ0v) is 14.7. The lowest BCUT2D eigenvalue weighted by Gasteiger charge is -2.25. The molecule has 0 saturated carbocycles. The van der Waals surface area contributed by atoms with Gasteiger partial charge in [-0.3, -0.25) is 4.90 Å². The summed E-state index contributed by atoms with van der Waals surface area (Å²) in [7, 11) is 0. The second kappa shape index (κ2) is 5.72. The first-order chi connectivity index (χ1) is 12.2. The molecule has 3 nitrogen and oxygen atoms in total. The highest BCUT2D eigenvalue weighted by atomic mass is 16.3. The highest BCUT2D eigenvalue weighted by Gasteiger charge is 2.35. The molecule has 2 aliphatic heterocycles. The molecule has 1 saturated heterocycles. The van der Waals surface area contributed by atoms with Crippen molar-refractivity contribution in [1.29, 1.82) is 0 Å². The minimum Gasteiger partial charge on any atom is -0.387 e. The molecule has 128 valence electrons. The monoisotopic (exact) mass is 332 g/mol. The molecule has 2 aromatic carbocycles. The van der Waals surface area contributed by atoms with E-state index in [4.69, 9.17) is 0 Å². The molecule has 2 aliphatic rings. The minimum atomic E-state index is -0.475. The van der Waals surface area contributed by atoms with Crippen molar-refractivity contribution in [2.75, 3.05) is 13.1 Å². The van der Waals surface area contributed by atoms with Crippen LogP contribution in [0.1, 0.15) is 40.8 Å². The molecule has 3 atom stereocenters. The van der Waals surface area contributed by atoms with Crippen LogP contribution in [0, 0.1) is 6.92 Å². The smallest absolute Gasteiger partial charge is 0.0969 e. The molecule has 1 N–H and O–H groups in total. The van der Waals surface area contributed by atoms with Gasteiger partial charge >= 0.3 is 0 Å². The first kappa shape index (κ1) is 15.2. The normalized spacial score (nSPS) is 23.0. The van der Waals surface area contributed by atoms with Crippen LogP contribution in [-0.4, -0.2) is 27.7 Å². The Morgan fingerprint density at radius 1 is 1.16 bits per heavy atom. The van der Waals surface area contributed by atoms with Gasteiger partial charge in [-0.05, 0) is 43.1 Å². The van der Waals surface area contributed by atoms with Gasteiger partial charge in [0.2, 0.25) is 0 Å². The third kappa shape index (κ3) is 2.42. The van der Waals surface area contributed by atoms with Gasteiger partial charge in [0, 0.05) is 35.6 Å². The van der Waals surface area contributed by atoms with Gasteiger partial charge in [0.15, 0.2) is 0 Å². The van der Waals surface area contributed by atoms with Gasteiger partial charge in [0.1, 0.15) is 0 Å². The van der Waals surface area contributed by atoms with E-state index in [1.807, 2.05) is 30.3 Å². The lowest BCUT2D eigenvalue weighted by atomic mass is 9.93. The van der Waals surface area contributed by atoms with E-state index in [0.29, 0.717) is 12.5 Å². The fourth-order valence-corrected chi connectivity index (χ4v) is 4.76. The molecule has 5 rings (SSSR count). The summed E-state index contributed by atoms with van der Waals surface area (Å²) in [4.78, 5) is 2.56. The average molecular weight is 332 g/mol. The maximum absolute atomic E-state index is 10.8. The SMILES string of the molecule is Cc1ccc2c(c1)c1c(n2CC(O)c2ccccc2)CN2CCC1C2. The van der Waals surface area contributed by atoms with E-state index in [1.165, 1.54) is 41.7 Å². The van der Waals surface area contributed by atoms with Crippen molar-refractivity contribution in [2.24, 2.45) is 0 Å². The molecule has 0 radical (unpaired) electrons. The molecule has 3 heteroatoms. The Bertz CT molecular complexity index is 928. The van der Waals surface area contributed by atoms with E-state index < -0.39 is 6.10 Å². The van der Waals surface area contributed by atoms with E-state index in [0.717, 1.165) is 12.1 Å². The Morgan fingerprint density at radius 3 is 2.84 bits per heavy atom. The number of aryl methyl sites for hydroxylation is 1. The van der Waals surface area contributed by atoms with Crippen LogP contribution in [0.15, 0.2) is 48.5 Å². The molecular weight excluding hydrogens is 308 g/mol. The topological polar surface area (TPSA) is 28.4 Å². The van der Waals surface area contributed by atoms with Crippen LogP contribution in [-0.2, 0) is 13.1 Å². The number of aromatic nitrogens is 1. The fraction of sp³-hybridized carbons (Fsp3) is 0.364. The molecule has 3 aromatic rings. The lowest BCUT2D eigenvalue weighted by Crippen LogP contribution is -2.27. The summed E-state index contributed by atoms with van der Waals surface area (Å²) >= 11 is 0. The number of nitrogens with zero attached hydrogens (tertiary/aromatic N) is 2. The molecular formula is C22H24N2O. The first-order valence-electron chi connectivity index (χ1n) is 9.27. The summed E-state index contributed by atoms with van der Waals surface area (Å²) in [5, 5.41) is 12.2. The van der Waals surface area contributed by atoms with Crippen molar-refractivity contribution in [3.8, 4) is 0 Å². The minimum absolute atomic E-state index is 0.475. The zero-order chi connectivity index (χ0) is 17.0. The van der Waals surface area contributed by atoms with Gasteiger partial charge in [0.25, 0.3) is 0 Å². The number of benzene rings is 2. The van der Waals surface area contributed by atoms with Crippen molar-refractivity contribution in [1.82, 2.24) is 9.47 Å². The van der Waals surface area contributed by atoms with E-state index in [1.54, 1.807) is 5.56 Å². The first-order valence-corrected chi connectivity index (χ1v) is 9.27. The summed E-state index contributed by atoms with van der Waals surface area (Å²) in [6.45, 7) is 6.21. The lowest BCUT2D eigenvalue weighted by molar-refractivity contribution is 0.155. The van der Waals surface area contributed by atoms with Gasteiger partial charge in [-0.15, -0.1) is 0 Å². The number of fused-ring (bicyclic) bond motifs is 6. The molecule has 3 heterocycles. The Hall–Kier alpha value is -2.10. The summed E-state index contributed by atoms with van der Waals surface area (Å²) in [5.74, 6) is 0.656. The third-order valence-corrected chi connectivity index (χ3v) is 5.96. The summed E-state index contributed by atoms with van der Waals surface area (Å²) in [6.07, 6.45) is 0.790. The van der Waals surface area contributed by atoms with Crippen LogP contribution in [0.5, 0.6) is 0 Å². The van der Waals surface area contributed by atoms with Gasteiger partial charge in [-0.25, -0.2) is 0 Å². The number of hydrogen-bond donors (Lipinski definition) is 1. The molecule has 1 aromatic heterocycles.